The number of rotatable bonds is 4. The Morgan fingerprint density at radius 1 is 1.24 bits per heavy atom. The third-order valence-electron chi connectivity index (χ3n) is 4.63. The molecule has 0 aliphatic heterocycles. The van der Waals surface area contributed by atoms with Gasteiger partial charge in [-0.3, -0.25) is 4.79 Å². The predicted molar refractivity (Wildman–Crippen MR) is 100 cm³/mol. The third-order valence-corrected chi connectivity index (χ3v) is 5.86. The lowest BCUT2D eigenvalue weighted by Crippen LogP contribution is -2.25. The zero-order valence-corrected chi connectivity index (χ0v) is 15.1. The van der Waals surface area contributed by atoms with E-state index in [9.17, 15) is 4.79 Å². The van der Waals surface area contributed by atoms with Crippen molar-refractivity contribution in [3.63, 3.8) is 0 Å². The van der Waals surface area contributed by atoms with E-state index in [1.165, 1.54) is 23.3 Å². The lowest BCUT2D eigenvalue weighted by molar-refractivity contribution is 0.0790. The molecule has 1 amide bonds. The number of benzene rings is 1. The Morgan fingerprint density at radius 2 is 2.04 bits per heavy atom. The van der Waals surface area contributed by atoms with Crippen LogP contribution in [-0.2, 0) is 19.4 Å². The molecule has 25 heavy (non-hydrogen) atoms. The molecule has 0 saturated heterocycles. The molecule has 128 valence electrons. The lowest BCUT2D eigenvalue weighted by Gasteiger charge is -2.14. The third kappa shape index (κ3) is 3.37. The molecular formula is C20H21N3OS. The molecule has 5 heteroatoms. The Labute approximate surface area is 151 Å². The first-order valence-electron chi connectivity index (χ1n) is 8.67. The molecule has 4 rings (SSSR count). The molecule has 0 radical (unpaired) electrons. The minimum Gasteiger partial charge on any atom is -0.337 e. The number of hydrogen-bond donors (Lipinski definition) is 0. The lowest BCUT2D eigenvalue weighted by atomic mass is 9.99. The second-order valence-corrected chi connectivity index (χ2v) is 7.69. The van der Waals surface area contributed by atoms with E-state index in [1.54, 1.807) is 16.2 Å². The van der Waals surface area contributed by atoms with Gasteiger partial charge in [-0.25, -0.2) is 4.68 Å². The highest BCUT2D eigenvalue weighted by molar-refractivity contribution is 7.14. The molecule has 0 saturated carbocycles. The summed E-state index contributed by atoms with van der Waals surface area (Å²) in [6, 6.07) is 12.1. The molecule has 2 heterocycles. The number of thiophene rings is 1. The fraction of sp³-hybridized carbons (Fsp3) is 0.300. The van der Waals surface area contributed by atoms with Gasteiger partial charge >= 0.3 is 0 Å². The summed E-state index contributed by atoms with van der Waals surface area (Å²) in [7, 11) is 1.86. The summed E-state index contributed by atoms with van der Waals surface area (Å²) in [5.41, 5.74) is 3.43. The number of hydrogen-bond acceptors (Lipinski definition) is 3. The minimum atomic E-state index is 0.104. The molecule has 4 nitrogen and oxygen atoms in total. The average molecular weight is 351 g/mol. The van der Waals surface area contributed by atoms with E-state index in [0.717, 1.165) is 29.0 Å². The highest BCUT2D eigenvalue weighted by Crippen LogP contribution is 2.30. The smallest absolute Gasteiger partial charge is 0.263 e. The van der Waals surface area contributed by atoms with E-state index in [0.29, 0.717) is 6.54 Å². The van der Waals surface area contributed by atoms with Crippen LogP contribution in [0.3, 0.4) is 0 Å². The molecule has 1 aliphatic rings. The second-order valence-electron chi connectivity index (χ2n) is 6.56. The number of carbonyl (C=O) groups is 1. The van der Waals surface area contributed by atoms with Crippen LogP contribution < -0.4 is 0 Å². The molecule has 0 unspecified atom stereocenters. The van der Waals surface area contributed by atoms with Crippen LogP contribution >= 0.6 is 11.3 Å². The van der Waals surface area contributed by atoms with Crippen molar-refractivity contribution >= 4 is 17.2 Å². The predicted octanol–water partition coefficient (Wildman–Crippen LogP) is 4.08. The second kappa shape index (κ2) is 6.84. The van der Waals surface area contributed by atoms with E-state index in [1.807, 2.05) is 54.5 Å². The summed E-state index contributed by atoms with van der Waals surface area (Å²) in [5.74, 6) is 0.104. The molecule has 3 aromatic rings. The first kappa shape index (κ1) is 16.1. The van der Waals surface area contributed by atoms with Crippen LogP contribution in [0, 0.1) is 0 Å². The number of aryl methyl sites for hydroxylation is 2. The van der Waals surface area contributed by atoms with Crippen molar-refractivity contribution in [3.05, 3.63) is 69.7 Å². The van der Waals surface area contributed by atoms with Crippen LogP contribution in [0.15, 0.2) is 48.8 Å². The number of fused-ring (bicyclic) bond motifs is 1. The van der Waals surface area contributed by atoms with Crippen molar-refractivity contribution in [2.75, 3.05) is 7.05 Å². The Hall–Kier alpha value is -2.40. The monoisotopic (exact) mass is 351 g/mol. The molecule has 1 aliphatic carbocycles. The summed E-state index contributed by atoms with van der Waals surface area (Å²) in [6.07, 6.45) is 8.55. The summed E-state index contributed by atoms with van der Waals surface area (Å²) >= 11 is 1.67. The van der Waals surface area contributed by atoms with Gasteiger partial charge in [0.25, 0.3) is 5.91 Å². The molecule has 1 aromatic carbocycles. The van der Waals surface area contributed by atoms with E-state index < -0.39 is 0 Å². The summed E-state index contributed by atoms with van der Waals surface area (Å²) < 4.78 is 1.84. The molecule has 0 fully saturated rings. The topological polar surface area (TPSA) is 38.1 Å². The quantitative estimate of drug-likeness (QED) is 0.710. The fourth-order valence-corrected chi connectivity index (χ4v) is 4.54. The first-order valence-corrected chi connectivity index (χ1v) is 9.48. The Morgan fingerprint density at radius 3 is 2.84 bits per heavy atom. The fourth-order valence-electron chi connectivity index (χ4n) is 3.29. The van der Waals surface area contributed by atoms with Crippen molar-refractivity contribution in [1.29, 1.82) is 0 Å². The number of carbonyl (C=O) groups excluding carboxylic acids is 1. The van der Waals surface area contributed by atoms with Gasteiger partial charge in [-0.15, -0.1) is 11.3 Å². The van der Waals surface area contributed by atoms with Crippen LogP contribution in [0.4, 0.5) is 0 Å². The number of amides is 1. The van der Waals surface area contributed by atoms with Crippen LogP contribution in [0.25, 0.3) is 5.69 Å². The Kier molecular flexibility index (Phi) is 4.40. The van der Waals surface area contributed by atoms with Crippen LogP contribution in [0.2, 0.25) is 0 Å². The Bertz CT molecular complexity index is 858. The number of para-hydroxylation sites is 1. The largest absolute Gasteiger partial charge is 0.337 e. The van der Waals surface area contributed by atoms with Gasteiger partial charge in [-0.2, -0.15) is 5.10 Å². The molecule has 2 aromatic heterocycles. The zero-order chi connectivity index (χ0) is 17.2. The summed E-state index contributed by atoms with van der Waals surface area (Å²) in [5, 5.41) is 4.41. The van der Waals surface area contributed by atoms with E-state index in [2.05, 4.69) is 11.2 Å². The van der Waals surface area contributed by atoms with Gasteiger partial charge in [0.15, 0.2) is 0 Å². The van der Waals surface area contributed by atoms with Crippen LogP contribution in [0.5, 0.6) is 0 Å². The van der Waals surface area contributed by atoms with Gasteiger partial charge < -0.3 is 4.90 Å². The van der Waals surface area contributed by atoms with Crippen molar-refractivity contribution in [2.45, 2.75) is 32.2 Å². The van der Waals surface area contributed by atoms with Gasteiger partial charge in [0.1, 0.15) is 0 Å². The van der Waals surface area contributed by atoms with Gasteiger partial charge in [0, 0.05) is 30.2 Å². The van der Waals surface area contributed by atoms with Gasteiger partial charge in [-0.05, 0) is 49.4 Å². The number of aromatic nitrogens is 2. The highest BCUT2D eigenvalue weighted by Gasteiger charge is 2.20. The van der Waals surface area contributed by atoms with Gasteiger partial charge in [-0.1, -0.05) is 18.2 Å². The van der Waals surface area contributed by atoms with E-state index in [-0.39, 0.29) is 5.91 Å². The van der Waals surface area contributed by atoms with Crippen molar-refractivity contribution in [3.8, 4) is 5.69 Å². The standard InChI is InChI=1S/C20H21N3OS/c1-22(20(24)19-11-16-7-5-6-10-18(16)25-19)13-15-12-21-23(14-15)17-8-3-2-4-9-17/h2-4,8-9,11-12,14H,5-7,10,13H2,1H3. The molecular weight excluding hydrogens is 330 g/mol. The van der Waals surface area contributed by atoms with Gasteiger partial charge in [0.05, 0.1) is 16.8 Å². The van der Waals surface area contributed by atoms with Crippen LogP contribution in [0.1, 0.15) is 38.5 Å². The molecule has 0 atom stereocenters. The maximum absolute atomic E-state index is 12.8. The normalized spacial score (nSPS) is 13.5. The SMILES string of the molecule is CN(Cc1cnn(-c2ccccc2)c1)C(=O)c1cc2c(s1)CCCC2. The maximum atomic E-state index is 12.8. The molecule has 0 bridgehead atoms. The maximum Gasteiger partial charge on any atom is 0.263 e. The first-order chi connectivity index (χ1) is 12.2. The number of nitrogens with zero attached hydrogens (tertiary/aromatic N) is 3. The van der Waals surface area contributed by atoms with Crippen LogP contribution in [-0.4, -0.2) is 27.6 Å². The average Bonchev–Trinajstić information content (AvgIpc) is 3.28. The Balaban J connectivity index is 1.46. The summed E-state index contributed by atoms with van der Waals surface area (Å²) in [6.45, 7) is 0.564. The highest BCUT2D eigenvalue weighted by atomic mass is 32.1. The van der Waals surface area contributed by atoms with Crippen molar-refractivity contribution in [1.82, 2.24) is 14.7 Å². The van der Waals surface area contributed by atoms with Gasteiger partial charge in [0.2, 0.25) is 0 Å². The van der Waals surface area contributed by atoms with E-state index in [4.69, 9.17) is 0 Å². The molecule has 0 spiro atoms. The minimum absolute atomic E-state index is 0.104. The molecule has 0 N–H and O–H groups in total. The van der Waals surface area contributed by atoms with Crippen molar-refractivity contribution in [2.24, 2.45) is 0 Å². The zero-order valence-electron chi connectivity index (χ0n) is 14.3. The summed E-state index contributed by atoms with van der Waals surface area (Å²) in [4.78, 5) is 16.8. The van der Waals surface area contributed by atoms with E-state index >= 15 is 0 Å². The van der Waals surface area contributed by atoms with Crippen molar-refractivity contribution < 1.29 is 4.79 Å².